The van der Waals surface area contributed by atoms with Crippen molar-refractivity contribution in [2.24, 2.45) is 22.7 Å². The number of carbonyl (C=O) groups excluding carboxylic acids is 1. The molecule has 0 aromatic carbocycles. The Balaban J connectivity index is 1.79. The lowest BCUT2D eigenvalue weighted by Gasteiger charge is -2.50. The third kappa shape index (κ3) is 2.30. The van der Waals surface area contributed by atoms with Gasteiger partial charge >= 0.3 is 5.97 Å². The predicted octanol–water partition coefficient (Wildman–Crippen LogP) is 3.53. The number of hydrogen-bond acceptors (Lipinski definition) is 4. The molecule has 22 heavy (non-hydrogen) atoms. The molecule has 2 aliphatic carbocycles. The van der Waals surface area contributed by atoms with Gasteiger partial charge < -0.3 is 14.2 Å². The van der Waals surface area contributed by atoms with Crippen molar-refractivity contribution >= 4 is 5.97 Å². The molecule has 4 nitrogen and oxygen atoms in total. The van der Waals surface area contributed by atoms with Gasteiger partial charge in [-0.2, -0.15) is 0 Å². The minimum Gasteiger partial charge on any atom is -0.461 e. The summed E-state index contributed by atoms with van der Waals surface area (Å²) in [6, 6.07) is 0. The Morgan fingerprint density at radius 3 is 2.50 bits per heavy atom. The van der Waals surface area contributed by atoms with Crippen molar-refractivity contribution < 1.29 is 19.0 Å². The van der Waals surface area contributed by atoms with Crippen LogP contribution in [0.3, 0.4) is 0 Å². The summed E-state index contributed by atoms with van der Waals surface area (Å²) in [7, 11) is 1.77. The van der Waals surface area contributed by atoms with Crippen LogP contribution in [0.25, 0.3) is 0 Å². The van der Waals surface area contributed by atoms with Crippen LogP contribution < -0.4 is 0 Å². The van der Waals surface area contributed by atoms with Crippen molar-refractivity contribution in [2.45, 2.75) is 71.7 Å². The number of esters is 1. The molecule has 3 rings (SSSR count). The van der Waals surface area contributed by atoms with Gasteiger partial charge in [0.2, 0.25) is 0 Å². The first-order valence-electron chi connectivity index (χ1n) is 8.63. The zero-order valence-corrected chi connectivity index (χ0v) is 14.6. The molecule has 4 heteroatoms. The van der Waals surface area contributed by atoms with E-state index < -0.39 is 5.41 Å². The Kier molecular flexibility index (Phi) is 3.84. The van der Waals surface area contributed by atoms with Crippen molar-refractivity contribution in [3.8, 4) is 0 Å². The third-order valence-corrected chi connectivity index (χ3v) is 6.37. The molecule has 3 aliphatic rings. The van der Waals surface area contributed by atoms with E-state index in [0.29, 0.717) is 11.8 Å². The summed E-state index contributed by atoms with van der Waals surface area (Å²) >= 11 is 0. The number of methoxy groups -OCH3 is 1. The lowest BCUT2D eigenvalue weighted by Crippen LogP contribution is -2.52. The van der Waals surface area contributed by atoms with E-state index in [-0.39, 0.29) is 23.3 Å². The van der Waals surface area contributed by atoms with E-state index in [4.69, 9.17) is 14.2 Å². The molecule has 0 spiro atoms. The topological polar surface area (TPSA) is 44.8 Å². The highest BCUT2D eigenvalue weighted by Crippen LogP contribution is 2.61. The molecule has 0 radical (unpaired) electrons. The molecule has 0 aromatic heterocycles. The van der Waals surface area contributed by atoms with E-state index in [1.54, 1.807) is 7.11 Å². The molecule has 1 heterocycles. The van der Waals surface area contributed by atoms with E-state index in [1.807, 2.05) is 20.8 Å². The van der Waals surface area contributed by atoms with Crippen LogP contribution in [0.15, 0.2) is 0 Å². The van der Waals surface area contributed by atoms with Gasteiger partial charge in [0, 0.05) is 24.9 Å². The maximum Gasteiger partial charge on any atom is 0.311 e. The number of carbonyl (C=O) groups is 1. The van der Waals surface area contributed by atoms with Gasteiger partial charge in [0.15, 0.2) is 5.79 Å². The second-order valence-electron chi connectivity index (χ2n) is 8.59. The largest absolute Gasteiger partial charge is 0.461 e. The van der Waals surface area contributed by atoms with E-state index in [9.17, 15) is 4.79 Å². The molecule has 0 unspecified atom stereocenters. The Bertz CT molecular complexity index is 454. The van der Waals surface area contributed by atoms with Crippen LogP contribution in [0.2, 0.25) is 0 Å². The summed E-state index contributed by atoms with van der Waals surface area (Å²) < 4.78 is 17.7. The smallest absolute Gasteiger partial charge is 0.311 e. The van der Waals surface area contributed by atoms with Gasteiger partial charge in [-0.15, -0.1) is 0 Å². The standard InChI is InChI=1S/C18H30O4/c1-16(2,3)15(19)22-14-7-6-12-13-8-11-21-18(13,20-5)10-9-17(12,14)4/h12-14H,6-11H2,1-5H3/t12-,13-,14-,17-,18+/m1/s1. The van der Waals surface area contributed by atoms with Crippen LogP contribution in [-0.4, -0.2) is 31.6 Å². The van der Waals surface area contributed by atoms with Gasteiger partial charge in [0.25, 0.3) is 0 Å². The van der Waals surface area contributed by atoms with Crippen LogP contribution in [0, 0.1) is 22.7 Å². The number of fused-ring (bicyclic) bond motifs is 3. The number of hydrogen-bond donors (Lipinski definition) is 0. The molecule has 0 aromatic rings. The SMILES string of the molecule is CO[C@]12CC[C@]3(C)[C@H](CC[C@H]3OC(=O)C(C)(C)C)[C@H]1CCO2. The first kappa shape index (κ1) is 16.3. The first-order valence-corrected chi connectivity index (χ1v) is 8.63. The fraction of sp³-hybridized carbons (Fsp3) is 0.944. The zero-order valence-electron chi connectivity index (χ0n) is 14.6. The zero-order chi connectivity index (χ0) is 16.2. The Morgan fingerprint density at radius 1 is 1.14 bits per heavy atom. The van der Waals surface area contributed by atoms with Gasteiger partial charge in [-0.25, -0.2) is 0 Å². The van der Waals surface area contributed by atoms with Crippen LogP contribution >= 0.6 is 0 Å². The molecular weight excluding hydrogens is 280 g/mol. The molecule has 1 saturated heterocycles. The van der Waals surface area contributed by atoms with E-state index in [1.165, 1.54) is 0 Å². The highest BCUT2D eigenvalue weighted by Gasteiger charge is 2.62. The molecule has 1 aliphatic heterocycles. The highest BCUT2D eigenvalue weighted by molar-refractivity contribution is 5.75. The van der Waals surface area contributed by atoms with Gasteiger partial charge in [-0.1, -0.05) is 6.92 Å². The van der Waals surface area contributed by atoms with Crippen molar-refractivity contribution in [1.29, 1.82) is 0 Å². The second-order valence-corrected chi connectivity index (χ2v) is 8.59. The van der Waals surface area contributed by atoms with E-state index in [0.717, 1.165) is 38.7 Å². The Labute approximate surface area is 133 Å². The van der Waals surface area contributed by atoms with Crippen molar-refractivity contribution in [3.05, 3.63) is 0 Å². The van der Waals surface area contributed by atoms with E-state index >= 15 is 0 Å². The number of ether oxygens (including phenoxy) is 3. The van der Waals surface area contributed by atoms with E-state index in [2.05, 4.69) is 6.92 Å². The minimum absolute atomic E-state index is 0.0414. The summed E-state index contributed by atoms with van der Waals surface area (Å²) in [6.45, 7) is 8.86. The molecule has 3 fully saturated rings. The Morgan fingerprint density at radius 2 is 1.86 bits per heavy atom. The second kappa shape index (κ2) is 5.20. The van der Waals surface area contributed by atoms with Crippen LogP contribution in [0.5, 0.6) is 0 Å². The fourth-order valence-corrected chi connectivity index (χ4v) is 4.94. The number of rotatable bonds is 2. The van der Waals surface area contributed by atoms with Crippen molar-refractivity contribution in [1.82, 2.24) is 0 Å². The molecule has 126 valence electrons. The van der Waals surface area contributed by atoms with Gasteiger partial charge in [-0.3, -0.25) is 4.79 Å². The normalized spacial score (nSPS) is 44.5. The molecule has 0 N–H and O–H groups in total. The summed E-state index contributed by atoms with van der Waals surface area (Å²) in [5.74, 6) is 0.509. The van der Waals surface area contributed by atoms with Gasteiger partial charge in [-0.05, 0) is 52.4 Å². The maximum atomic E-state index is 12.3. The molecule has 2 saturated carbocycles. The van der Waals surface area contributed by atoms with Crippen LogP contribution in [0.4, 0.5) is 0 Å². The summed E-state index contributed by atoms with van der Waals surface area (Å²) in [5.41, 5.74) is -0.364. The lowest BCUT2D eigenvalue weighted by atomic mass is 9.61. The van der Waals surface area contributed by atoms with Crippen molar-refractivity contribution in [2.75, 3.05) is 13.7 Å². The summed E-state index contributed by atoms with van der Waals surface area (Å²) in [6.07, 6.45) is 5.10. The average molecular weight is 310 g/mol. The predicted molar refractivity (Wildman–Crippen MR) is 83.2 cm³/mol. The van der Waals surface area contributed by atoms with Gasteiger partial charge in [0.1, 0.15) is 6.10 Å². The van der Waals surface area contributed by atoms with Gasteiger partial charge in [0.05, 0.1) is 12.0 Å². The molecule has 0 bridgehead atoms. The Hall–Kier alpha value is -0.610. The lowest BCUT2D eigenvalue weighted by molar-refractivity contribution is -0.256. The first-order chi connectivity index (χ1) is 10.2. The minimum atomic E-state index is -0.435. The quantitative estimate of drug-likeness (QED) is 0.732. The van der Waals surface area contributed by atoms with Crippen LogP contribution in [-0.2, 0) is 19.0 Å². The monoisotopic (exact) mass is 310 g/mol. The molecule has 0 amide bonds. The highest BCUT2D eigenvalue weighted by atomic mass is 16.7. The van der Waals surface area contributed by atoms with Crippen LogP contribution in [0.1, 0.15) is 59.8 Å². The maximum absolute atomic E-state index is 12.3. The van der Waals surface area contributed by atoms with Crippen molar-refractivity contribution in [3.63, 3.8) is 0 Å². The fourth-order valence-electron chi connectivity index (χ4n) is 4.94. The summed E-state index contributed by atoms with van der Waals surface area (Å²) in [5, 5.41) is 0. The summed E-state index contributed by atoms with van der Waals surface area (Å²) in [4.78, 5) is 12.3. The third-order valence-electron chi connectivity index (χ3n) is 6.37. The molecular formula is C18H30O4. The molecule has 5 atom stereocenters. The average Bonchev–Trinajstić information content (AvgIpc) is 3.00.